The van der Waals surface area contributed by atoms with Crippen LogP contribution in [0, 0.1) is 0 Å². The number of rotatable bonds is 7. The third-order valence-electron chi connectivity index (χ3n) is 5.29. The van der Waals surface area contributed by atoms with Crippen molar-refractivity contribution in [1.29, 1.82) is 0 Å². The Kier molecular flexibility index (Phi) is 5.25. The van der Waals surface area contributed by atoms with Gasteiger partial charge in [0.25, 0.3) is 5.89 Å². The summed E-state index contributed by atoms with van der Waals surface area (Å²) in [6.07, 6.45) is 0.419. The summed E-state index contributed by atoms with van der Waals surface area (Å²) < 4.78 is 32.0. The number of nitrogens with zero attached hydrogens (tertiary/aromatic N) is 6. The molecule has 1 saturated heterocycles. The highest BCUT2D eigenvalue weighted by atomic mass is 19.3. The first kappa shape index (κ1) is 19.5. The lowest BCUT2D eigenvalue weighted by Crippen LogP contribution is -2.36. The number of hydrogen-bond donors (Lipinski definition) is 0. The molecule has 158 valence electrons. The summed E-state index contributed by atoms with van der Waals surface area (Å²) in [7, 11) is 0. The summed E-state index contributed by atoms with van der Waals surface area (Å²) >= 11 is 0. The normalized spacial score (nSPS) is 14.2. The minimum atomic E-state index is -2.78. The van der Waals surface area contributed by atoms with Crippen LogP contribution in [0.2, 0.25) is 0 Å². The molecule has 9 heteroatoms. The van der Waals surface area contributed by atoms with Crippen molar-refractivity contribution in [3.63, 3.8) is 0 Å². The fraction of sp³-hybridized carbons (Fsp3) is 0.273. The van der Waals surface area contributed by atoms with Crippen molar-refractivity contribution in [3.05, 3.63) is 71.7 Å². The standard InChI is InChI=1S/C22H20F2N6O/c23-20(24)22-27-26-21(31-22)17-7-5-15(6-8-17)13-30-14-19(25-28-30)18-4-1-3-16(11-18)12-29-9-2-10-29/h1,3-8,11,14,20H,2,9-10,12-13H2. The zero-order chi connectivity index (χ0) is 21.2. The maximum atomic E-state index is 12.6. The lowest BCUT2D eigenvalue weighted by atomic mass is 10.1. The molecule has 2 aromatic heterocycles. The van der Waals surface area contributed by atoms with Crippen LogP contribution in [0.25, 0.3) is 22.7 Å². The number of aromatic nitrogens is 5. The predicted molar refractivity (Wildman–Crippen MR) is 109 cm³/mol. The van der Waals surface area contributed by atoms with Gasteiger partial charge >= 0.3 is 6.43 Å². The smallest absolute Gasteiger partial charge is 0.314 e. The largest absolute Gasteiger partial charge is 0.415 e. The van der Waals surface area contributed by atoms with Gasteiger partial charge in [0, 0.05) is 17.7 Å². The Morgan fingerprint density at radius 2 is 1.74 bits per heavy atom. The zero-order valence-corrected chi connectivity index (χ0v) is 16.7. The van der Waals surface area contributed by atoms with E-state index in [9.17, 15) is 8.78 Å². The molecule has 0 amide bonds. The van der Waals surface area contributed by atoms with Crippen LogP contribution in [0.3, 0.4) is 0 Å². The van der Waals surface area contributed by atoms with Gasteiger partial charge in [-0.1, -0.05) is 35.5 Å². The molecule has 1 aliphatic rings. The summed E-state index contributed by atoms with van der Waals surface area (Å²) in [4.78, 5) is 2.42. The van der Waals surface area contributed by atoms with E-state index in [0.29, 0.717) is 12.1 Å². The number of alkyl halides is 2. The molecule has 1 fully saturated rings. The molecule has 0 spiro atoms. The molecule has 3 heterocycles. The van der Waals surface area contributed by atoms with Gasteiger partial charge in [0.05, 0.1) is 12.7 Å². The zero-order valence-electron chi connectivity index (χ0n) is 16.7. The van der Waals surface area contributed by atoms with Gasteiger partial charge in [0.1, 0.15) is 5.69 Å². The first-order chi connectivity index (χ1) is 15.1. The van der Waals surface area contributed by atoms with E-state index in [0.717, 1.165) is 23.4 Å². The van der Waals surface area contributed by atoms with Gasteiger partial charge in [0.2, 0.25) is 5.89 Å². The highest BCUT2D eigenvalue weighted by Gasteiger charge is 2.17. The van der Waals surface area contributed by atoms with Crippen LogP contribution in [0.4, 0.5) is 8.78 Å². The Hall–Kier alpha value is -3.46. The van der Waals surface area contributed by atoms with E-state index in [4.69, 9.17) is 4.42 Å². The van der Waals surface area contributed by atoms with E-state index in [1.54, 1.807) is 16.8 Å². The molecule has 7 nitrogen and oxygen atoms in total. The molecule has 31 heavy (non-hydrogen) atoms. The highest BCUT2D eigenvalue weighted by molar-refractivity contribution is 5.58. The van der Waals surface area contributed by atoms with E-state index < -0.39 is 12.3 Å². The van der Waals surface area contributed by atoms with Crippen LogP contribution in [0.5, 0.6) is 0 Å². The molecule has 4 aromatic rings. The third-order valence-corrected chi connectivity index (χ3v) is 5.29. The first-order valence-corrected chi connectivity index (χ1v) is 10.1. The summed E-state index contributed by atoms with van der Waals surface area (Å²) in [5, 5.41) is 15.6. The van der Waals surface area contributed by atoms with Crippen molar-refractivity contribution in [2.45, 2.75) is 25.9 Å². The van der Waals surface area contributed by atoms with E-state index in [-0.39, 0.29) is 5.89 Å². The van der Waals surface area contributed by atoms with Crippen molar-refractivity contribution in [1.82, 2.24) is 30.1 Å². The van der Waals surface area contributed by atoms with E-state index in [2.05, 4.69) is 43.6 Å². The molecular weight excluding hydrogens is 402 g/mol. The molecule has 0 radical (unpaired) electrons. The van der Waals surface area contributed by atoms with Gasteiger partial charge in [-0.2, -0.15) is 8.78 Å². The van der Waals surface area contributed by atoms with Crippen molar-refractivity contribution >= 4 is 0 Å². The minimum Gasteiger partial charge on any atom is -0.415 e. The lowest BCUT2D eigenvalue weighted by Gasteiger charge is -2.30. The van der Waals surface area contributed by atoms with Crippen LogP contribution in [0.15, 0.2) is 59.1 Å². The van der Waals surface area contributed by atoms with E-state index >= 15 is 0 Å². The average molecular weight is 422 g/mol. The molecular formula is C22H20F2N6O. The molecule has 0 N–H and O–H groups in total. The second-order valence-corrected chi connectivity index (χ2v) is 7.57. The lowest BCUT2D eigenvalue weighted by molar-refractivity contribution is 0.116. The average Bonchev–Trinajstić information content (AvgIpc) is 3.42. The fourth-order valence-corrected chi connectivity index (χ4v) is 3.51. The second-order valence-electron chi connectivity index (χ2n) is 7.57. The van der Waals surface area contributed by atoms with Gasteiger partial charge in [-0.15, -0.1) is 15.3 Å². The van der Waals surface area contributed by atoms with Gasteiger partial charge < -0.3 is 4.42 Å². The summed E-state index contributed by atoms with van der Waals surface area (Å²) in [5.41, 5.74) is 4.72. The Morgan fingerprint density at radius 3 is 2.45 bits per heavy atom. The molecule has 5 rings (SSSR count). The molecule has 1 aliphatic heterocycles. The Bertz CT molecular complexity index is 1170. The van der Waals surface area contributed by atoms with Gasteiger partial charge in [-0.25, -0.2) is 4.68 Å². The van der Waals surface area contributed by atoms with Crippen molar-refractivity contribution in [2.24, 2.45) is 0 Å². The van der Waals surface area contributed by atoms with Crippen LogP contribution in [0.1, 0.15) is 29.9 Å². The topological polar surface area (TPSA) is 72.9 Å². The van der Waals surface area contributed by atoms with E-state index in [1.807, 2.05) is 24.4 Å². The molecule has 0 saturated carbocycles. The minimum absolute atomic E-state index is 0.0722. The monoisotopic (exact) mass is 422 g/mol. The van der Waals surface area contributed by atoms with Crippen molar-refractivity contribution < 1.29 is 13.2 Å². The summed E-state index contributed by atoms with van der Waals surface area (Å²) in [6.45, 7) is 3.83. The number of benzene rings is 2. The molecule has 0 bridgehead atoms. The number of likely N-dealkylation sites (tertiary alicyclic amines) is 1. The fourth-order valence-electron chi connectivity index (χ4n) is 3.51. The van der Waals surface area contributed by atoms with Gasteiger partial charge in [0.15, 0.2) is 0 Å². The van der Waals surface area contributed by atoms with Gasteiger partial charge in [-0.3, -0.25) is 4.90 Å². The maximum absolute atomic E-state index is 12.6. The van der Waals surface area contributed by atoms with E-state index in [1.165, 1.54) is 25.1 Å². The highest BCUT2D eigenvalue weighted by Crippen LogP contribution is 2.24. The SMILES string of the molecule is FC(F)c1nnc(-c2ccc(Cn3cc(-c4cccc(CN5CCC5)c4)nn3)cc2)o1. The third kappa shape index (κ3) is 4.36. The predicted octanol–water partition coefficient (Wildman–Crippen LogP) is 4.19. The molecule has 0 atom stereocenters. The second kappa shape index (κ2) is 8.35. The van der Waals surface area contributed by atoms with Gasteiger partial charge in [-0.05, 0) is 48.8 Å². The van der Waals surface area contributed by atoms with Crippen LogP contribution >= 0.6 is 0 Å². The summed E-state index contributed by atoms with van der Waals surface area (Å²) in [5.74, 6) is -0.605. The van der Waals surface area contributed by atoms with Crippen molar-refractivity contribution in [2.75, 3.05) is 13.1 Å². The molecule has 2 aromatic carbocycles. The summed E-state index contributed by atoms with van der Waals surface area (Å²) in [6, 6.07) is 15.7. The quantitative estimate of drug-likeness (QED) is 0.445. The molecule has 0 aliphatic carbocycles. The Morgan fingerprint density at radius 1 is 0.903 bits per heavy atom. The Balaban J connectivity index is 1.26. The van der Waals surface area contributed by atoms with Crippen LogP contribution in [-0.2, 0) is 13.1 Å². The number of hydrogen-bond acceptors (Lipinski definition) is 6. The first-order valence-electron chi connectivity index (χ1n) is 10.1. The van der Waals surface area contributed by atoms with Crippen molar-refractivity contribution in [3.8, 4) is 22.7 Å². The van der Waals surface area contributed by atoms with Crippen LogP contribution in [-0.4, -0.2) is 43.2 Å². The maximum Gasteiger partial charge on any atom is 0.314 e. The number of halogens is 2. The Labute approximate surface area is 177 Å². The molecule has 0 unspecified atom stereocenters. The van der Waals surface area contributed by atoms with Crippen LogP contribution < -0.4 is 0 Å².